The smallest absolute Gasteiger partial charge is 0.416 e. The summed E-state index contributed by atoms with van der Waals surface area (Å²) in [7, 11) is 0. The molecule has 81 valence electrons. The lowest BCUT2D eigenvalue weighted by Gasteiger charge is -1.97. The van der Waals surface area contributed by atoms with E-state index < -0.39 is 4.92 Å². The molecule has 0 unspecified atom stereocenters. The predicted molar refractivity (Wildman–Crippen MR) is 59.0 cm³/mol. The predicted octanol–water partition coefficient (Wildman–Crippen LogP) is 2.28. The van der Waals surface area contributed by atoms with Crippen LogP contribution in [0.4, 0.5) is 5.69 Å². The monoisotopic (exact) mass is 283 g/mol. The van der Waals surface area contributed by atoms with Gasteiger partial charge in [-0.05, 0) is 6.07 Å². The largest absolute Gasteiger partial charge is 0.423 e. The fourth-order valence-corrected chi connectivity index (χ4v) is 1.87. The Hall–Kier alpha value is -1.89. The molecule has 1 radical (unpaired) electrons. The highest BCUT2D eigenvalue weighted by molar-refractivity contribution is 9.10. The molecule has 0 spiro atoms. The third-order valence-electron chi connectivity index (χ3n) is 2.04. The maximum Gasteiger partial charge on any atom is 0.423 e. The van der Waals surface area contributed by atoms with Crippen LogP contribution in [0.25, 0.3) is 10.9 Å². The highest BCUT2D eigenvalue weighted by Crippen LogP contribution is 2.34. The molecular weight excluding hydrogens is 280 g/mol. The molecule has 0 amide bonds. The van der Waals surface area contributed by atoms with E-state index in [0.717, 1.165) is 0 Å². The highest BCUT2D eigenvalue weighted by atomic mass is 79.9. The van der Waals surface area contributed by atoms with Gasteiger partial charge in [0.05, 0.1) is 10.3 Å². The van der Waals surface area contributed by atoms with Gasteiger partial charge < -0.3 is 9.72 Å². The standard InChI is InChI=1S/C9H4BrN2O4/c10-5-1-6-8(16-4-13)3-11-9(6)7(2-5)12(14)15/h1-3,11H. The van der Waals surface area contributed by atoms with Gasteiger partial charge in [-0.25, -0.2) is 4.79 Å². The van der Waals surface area contributed by atoms with Gasteiger partial charge in [-0.15, -0.1) is 0 Å². The summed E-state index contributed by atoms with van der Waals surface area (Å²) < 4.78 is 5.10. The van der Waals surface area contributed by atoms with E-state index in [2.05, 4.69) is 25.7 Å². The average molecular weight is 284 g/mol. The lowest BCUT2D eigenvalue weighted by atomic mass is 10.2. The molecule has 6 nitrogen and oxygen atoms in total. The van der Waals surface area contributed by atoms with Crippen molar-refractivity contribution < 1.29 is 14.5 Å². The number of benzene rings is 1. The van der Waals surface area contributed by atoms with Crippen LogP contribution in [0.3, 0.4) is 0 Å². The first-order valence-corrected chi connectivity index (χ1v) is 4.92. The number of carbonyl (C=O) groups excluding carboxylic acids is 1. The quantitative estimate of drug-likeness (QED) is 0.692. The van der Waals surface area contributed by atoms with E-state index >= 15 is 0 Å². The van der Waals surface area contributed by atoms with Crippen molar-refractivity contribution in [3.05, 3.63) is 32.9 Å². The Bertz CT molecular complexity index is 578. The fourth-order valence-electron chi connectivity index (χ4n) is 1.43. The van der Waals surface area contributed by atoms with Crippen molar-refractivity contribution >= 4 is 39.0 Å². The number of nitrogens with one attached hydrogen (secondary N) is 1. The minimum Gasteiger partial charge on any atom is -0.416 e. The van der Waals surface area contributed by atoms with Crippen molar-refractivity contribution in [2.45, 2.75) is 0 Å². The van der Waals surface area contributed by atoms with Crippen LogP contribution in [-0.2, 0) is 4.79 Å². The first-order valence-electron chi connectivity index (χ1n) is 4.12. The summed E-state index contributed by atoms with van der Waals surface area (Å²) >= 11 is 3.15. The number of nitrogens with zero attached hydrogens (tertiary/aromatic N) is 1. The zero-order valence-electron chi connectivity index (χ0n) is 7.69. The van der Waals surface area contributed by atoms with Gasteiger partial charge >= 0.3 is 6.47 Å². The molecule has 0 aliphatic rings. The summed E-state index contributed by atoms with van der Waals surface area (Å²) in [6, 6.07) is 2.98. The summed E-state index contributed by atoms with van der Waals surface area (Å²) in [4.78, 5) is 23.1. The van der Waals surface area contributed by atoms with Gasteiger partial charge in [0.1, 0.15) is 5.52 Å². The lowest BCUT2D eigenvalue weighted by molar-refractivity contribution is -0.383. The van der Waals surface area contributed by atoms with Gasteiger partial charge in [-0.1, -0.05) is 15.9 Å². The fraction of sp³-hybridized carbons (Fsp3) is 0. The summed E-state index contributed by atoms with van der Waals surface area (Å²) in [5.74, 6) is 0.203. The Balaban J connectivity index is 2.75. The Morgan fingerprint density at radius 2 is 2.25 bits per heavy atom. The molecule has 2 aromatic rings. The topological polar surface area (TPSA) is 85.2 Å². The van der Waals surface area contributed by atoms with Crippen LogP contribution < -0.4 is 4.74 Å². The van der Waals surface area contributed by atoms with Crippen LogP contribution in [-0.4, -0.2) is 16.4 Å². The normalized spacial score (nSPS) is 10.3. The molecule has 0 aliphatic carbocycles. The molecule has 16 heavy (non-hydrogen) atoms. The number of H-pyrrole nitrogens is 1. The van der Waals surface area contributed by atoms with Gasteiger partial charge in [0.25, 0.3) is 5.69 Å². The SMILES string of the molecule is O=[C]Oc1c[nH]c2c([N+](=O)[O-])cc(Br)cc12. The molecule has 1 heterocycles. The van der Waals surface area contributed by atoms with Crippen molar-refractivity contribution in [3.8, 4) is 5.75 Å². The van der Waals surface area contributed by atoms with E-state index in [1.54, 1.807) is 6.07 Å². The molecule has 0 saturated carbocycles. The van der Waals surface area contributed by atoms with Crippen molar-refractivity contribution in [2.75, 3.05) is 0 Å². The number of hydrogen-bond donors (Lipinski definition) is 1. The summed E-state index contributed by atoms with van der Waals surface area (Å²) in [5.41, 5.74) is 0.212. The third kappa shape index (κ3) is 1.65. The first kappa shape index (κ1) is 10.6. The maximum absolute atomic E-state index is 10.8. The second-order valence-corrected chi connectivity index (χ2v) is 3.86. The van der Waals surface area contributed by atoms with Crippen molar-refractivity contribution in [2.24, 2.45) is 0 Å². The summed E-state index contributed by atoms with van der Waals surface area (Å²) in [5, 5.41) is 11.2. The van der Waals surface area contributed by atoms with Crippen molar-refractivity contribution in [1.82, 2.24) is 4.98 Å². The molecule has 2 rings (SSSR count). The lowest BCUT2D eigenvalue weighted by Crippen LogP contribution is -1.90. The van der Waals surface area contributed by atoms with Crippen LogP contribution in [0.5, 0.6) is 5.75 Å². The molecule has 1 N–H and O–H groups in total. The third-order valence-corrected chi connectivity index (χ3v) is 2.50. The Labute approximate surface area is 97.5 Å². The molecular formula is C9H4BrN2O4. The van der Waals surface area contributed by atoms with Gasteiger partial charge in [0.2, 0.25) is 0 Å². The second-order valence-electron chi connectivity index (χ2n) is 2.94. The Morgan fingerprint density at radius 1 is 1.50 bits per heavy atom. The van der Waals surface area contributed by atoms with Gasteiger partial charge in [0, 0.05) is 16.7 Å². The Morgan fingerprint density at radius 3 is 2.88 bits per heavy atom. The molecule has 0 aliphatic heterocycles. The van der Waals surface area contributed by atoms with Crippen LogP contribution >= 0.6 is 15.9 Å². The van der Waals surface area contributed by atoms with E-state index in [-0.39, 0.29) is 11.4 Å². The maximum atomic E-state index is 10.8. The number of hydrogen-bond acceptors (Lipinski definition) is 4. The number of ether oxygens (including phenoxy) is 1. The summed E-state index contributed by atoms with van der Waals surface area (Å²) in [6.07, 6.45) is 1.37. The first-order chi connectivity index (χ1) is 7.63. The highest BCUT2D eigenvalue weighted by Gasteiger charge is 2.17. The van der Waals surface area contributed by atoms with Gasteiger partial charge in [0.15, 0.2) is 5.75 Å². The number of non-ortho nitro benzene ring substituents is 1. The van der Waals surface area contributed by atoms with E-state index in [4.69, 9.17) is 0 Å². The molecule has 0 bridgehead atoms. The van der Waals surface area contributed by atoms with Crippen molar-refractivity contribution in [3.63, 3.8) is 0 Å². The van der Waals surface area contributed by atoms with Crippen LogP contribution in [0.1, 0.15) is 0 Å². The van der Waals surface area contributed by atoms with Gasteiger partial charge in [-0.2, -0.15) is 0 Å². The summed E-state index contributed by atoms with van der Waals surface area (Å²) in [6.45, 7) is 1.28. The molecule has 0 saturated heterocycles. The number of fused-ring (bicyclic) bond motifs is 1. The zero-order chi connectivity index (χ0) is 11.7. The van der Waals surface area contributed by atoms with Gasteiger partial charge in [-0.3, -0.25) is 10.1 Å². The number of rotatable bonds is 3. The average Bonchev–Trinajstić information content (AvgIpc) is 2.61. The number of nitro benzene ring substituents is 1. The number of aromatic nitrogens is 1. The number of nitro groups is 1. The second kappa shape index (κ2) is 3.93. The van der Waals surface area contributed by atoms with E-state index in [1.807, 2.05) is 0 Å². The minimum absolute atomic E-state index is 0.0925. The zero-order valence-corrected chi connectivity index (χ0v) is 9.28. The number of halogens is 1. The van der Waals surface area contributed by atoms with Crippen molar-refractivity contribution in [1.29, 1.82) is 0 Å². The number of aromatic amines is 1. The molecule has 0 atom stereocenters. The van der Waals surface area contributed by atoms with Crippen LogP contribution in [0, 0.1) is 10.1 Å². The van der Waals surface area contributed by atoms with Crippen LogP contribution in [0.2, 0.25) is 0 Å². The minimum atomic E-state index is -0.516. The van der Waals surface area contributed by atoms with E-state index in [9.17, 15) is 14.9 Å². The molecule has 0 fully saturated rings. The van der Waals surface area contributed by atoms with E-state index in [0.29, 0.717) is 15.4 Å². The van der Waals surface area contributed by atoms with Crippen LogP contribution in [0.15, 0.2) is 22.8 Å². The molecule has 1 aromatic carbocycles. The molecule has 1 aromatic heterocycles. The molecule has 7 heteroatoms. The van der Waals surface area contributed by atoms with E-state index in [1.165, 1.54) is 18.7 Å². The Kier molecular flexibility index (Phi) is 2.61.